The van der Waals surface area contributed by atoms with E-state index in [4.69, 9.17) is 23.2 Å². The van der Waals surface area contributed by atoms with Gasteiger partial charge in [0.15, 0.2) is 0 Å². The van der Waals surface area contributed by atoms with E-state index in [2.05, 4.69) is 9.97 Å². The maximum absolute atomic E-state index is 11.3. The molecular weight excluding hydrogens is 313 g/mol. The largest absolute Gasteiger partial charge is 0.481 e. The number of aromatic nitrogens is 2. The molecule has 1 fully saturated rings. The summed E-state index contributed by atoms with van der Waals surface area (Å²) in [5.41, 5.74) is 0.563. The van der Waals surface area contributed by atoms with Gasteiger partial charge in [0.05, 0.1) is 32.7 Å². The van der Waals surface area contributed by atoms with Crippen LogP contribution in [0.5, 0.6) is 0 Å². The number of rotatable bonds is 2. The summed E-state index contributed by atoms with van der Waals surface area (Å²) in [6.07, 6.45) is 2.23. The topological polar surface area (TPSA) is 66.3 Å². The molecule has 110 valence electrons. The van der Waals surface area contributed by atoms with Gasteiger partial charge in [-0.05, 0) is 25.5 Å². The van der Waals surface area contributed by atoms with Crippen molar-refractivity contribution in [3.8, 4) is 0 Å². The highest BCUT2D eigenvalue weighted by Gasteiger charge is 2.41. The van der Waals surface area contributed by atoms with Gasteiger partial charge in [0, 0.05) is 13.1 Å². The monoisotopic (exact) mass is 325 g/mol. The Morgan fingerprint density at radius 3 is 2.62 bits per heavy atom. The quantitative estimate of drug-likeness (QED) is 0.918. The van der Waals surface area contributed by atoms with Gasteiger partial charge < -0.3 is 10.0 Å². The summed E-state index contributed by atoms with van der Waals surface area (Å²) in [4.78, 5) is 22.1. The number of hydrogen-bond acceptors (Lipinski definition) is 4. The summed E-state index contributed by atoms with van der Waals surface area (Å²) in [7, 11) is 0. The molecule has 0 radical (unpaired) electrons. The molecule has 0 bridgehead atoms. The van der Waals surface area contributed by atoms with Crippen molar-refractivity contribution in [3.05, 3.63) is 28.4 Å². The highest BCUT2D eigenvalue weighted by atomic mass is 35.5. The van der Waals surface area contributed by atoms with Gasteiger partial charge in [-0.2, -0.15) is 0 Å². The highest BCUT2D eigenvalue weighted by molar-refractivity contribution is 6.42. The summed E-state index contributed by atoms with van der Waals surface area (Å²) in [6, 6.07) is 3.34. The first-order valence-electron chi connectivity index (χ1n) is 6.49. The van der Waals surface area contributed by atoms with E-state index >= 15 is 0 Å². The van der Waals surface area contributed by atoms with Crippen LogP contribution in [0.25, 0.3) is 11.0 Å². The first kappa shape index (κ1) is 14.4. The Balaban J connectivity index is 1.95. The van der Waals surface area contributed by atoms with Crippen molar-refractivity contribution >= 4 is 46.0 Å². The molecule has 1 aromatic carbocycles. The van der Waals surface area contributed by atoms with Gasteiger partial charge >= 0.3 is 5.97 Å². The molecule has 5 nitrogen and oxygen atoms in total. The van der Waals surface area contributed by atoms with Crippen molar-refractivity contribution in [1.29, 1.82) is 0 Å². The molecule has 0 spiro atoms. The van der Waals surface area contributed by atoms with E-state index in [1.54, 1.807) is 25.3 Å². The number of carbonyl (C=O) groups is 1. The molecule has 3 rings (SSSR count). The van der Waals surface area contributed by atoms with Crippen molar-refractivity contribution in [2.24, 2.45) is 5.41 Å². The van der Waals surface area contributed by atoms with E-state index in [9.17, 15) is 9.90 Å². The molecule has 0 saturated carbocycles. The summed E-state index contributed by atoms with van der Waals surface area (Å²) in [6.45, 7) is 2.81. The SMILES string of the molecule is CC1(C(=O)O)CCN(c2cnc3cc(Cl)c(Cl)cc3n2)C1. The summed E-state index contributed by atoms with van der Waals surface area (Å²) in [5, 5.41) is 10.1. The van der Waals surface area contributed by atoms with E-state index in [0.717, 1.165) is 0 Å². The molecule has 1 unspecified atom stereocenters. The van der Waals surface area contributed by atoms with E-state index in [1.807, 2.05) is 4.90 Å². The Hall–Kier alpha value is -1.59. The average Bonchev–Trinajstić information content (AvgIpc) is 2.84. The van der Waals surface area contributed by atoms with Crippen molar-refractivity contribution in [3.63, 3.8) is 0 Å². The van der Waals surface area contributed by atoms with Crippen molar-refractivity contribution < 1.29 is 9.90 Å². The molecule has 1 atom stereocenters. The summed E-state index contributed by atoms with van der Waals surface area (Å²) < 4.78 is 0. The maximum Gasteiger partial charge on any atom is 0.311 e. The lowest BCUT2D eigenvalue weighted by Gasteiger charge is -2.20. The number of halogens is 2. The highest BCUT2D eigenvalue weighted by Crippen LogP contribution is 2.33. The van der Waals surface area contributed by atoms with E-state index in [-0.39, 0.29) is 0 Å². The summed E-state index contributed by atoms with van der Waals surface area (Å²) >= 11 is 11.9. The van der Waals surface area contributed by atoms with Gasteiger partial charge in [-0.25, -0.2) is 4.98 Å². The molecule has 0 amide bonds. The molecule has 21 heavy (non-hydrogen) atoms. The molecule has 2 heterocycles. The van der Waals surface area contributed by atoms with Crippen LogP contribution in [-0.4, -0.2) is 34.1 Å². The lowest BCUT2D eigenvalue weighted by Crippen LogP contribution is -2.32. The van der Waals surface area contributed by atoms with Crippen LogP contribution in [0.4, 0.5) is 5.82 Å². The first-order valence-corrected chi connectivity index (χ1v) is 7.25. The second-order valence-corrected chi connectivity index (χ2v) is 6.34. The molecule has 0 aliphatic carbocycles. The number of carboxylic acids is 1. The number of nitrogens with zero attached hydrogens (tertiary/aromatic N) is 3. The predicted molar refractivity (Wildman–Crippen MR) is 82.1 cm³/mol. The fourth-order valence-corrected chi connectivity index (χ4v) is 2.80. The Bertz CT molecular complexity index is 737. The van der Waals surface area contributed by atoms with Gasteiger partial charge in [0.2, 0.25) is 0 Å². The van der Waals surface area contributed by atoms with Crippen LogP contribution < -0.4 is 4.90 Å². The van der Waals surface area contributed by atoms with Crippen molar-refractivity contribution in [1.82, 2.24) is 9.97 Å². The number of hydrogen-bond donors (Lipinski definition) is 1. The van der Waals surface area contributed by atoms with E-state index < -0.39 is 11.4 Å². The third-order valence-corrected chi connectivity index (χ3v) is 4.61. The van der Waals surface area contributed by atoms with Crippen LogP contribution in [0.15, 0.2) is 18.3 Å². The van der Waals surface area contributed by atoms with Crippen LogP contribution in [0.3, 0.4) is 0 Å². The van der Waals surface area contributed by atoms with Crippen LogP contribution in [0, 0.1) is 5.41 Å². The Morgan fingerprint density at radius 2 is 2.00 bits per heavy atom. The fourth-order valence-electron chi connectivity index (χ4n) is 2.48. The Morgan fingerprint density at radius 1 is 1.33 bits per heavy atom. The lowest BCUT2D eigenvalue weighted by atomic mass is 9.90. The van der Waals surface area contributed by atoms with Crippen molar-refractivity contribution in [2.75, 3.05) is 18.0 Å². The van der Waals surface area contributed by atoms with Crippen LogP contribution in [0.2, 0.25) is 10.0 Å². The zero-order valence-electron chi connectivity index (χ0n) is 11.3. The number of carboxylic acid groups (broad SMARTS) is 1. The van der Waals surface area contributed by atoms with Gasteiger partial charge in [-0.3, -0.25) is 9.78 Å². The standard InChI is InChI=1S/C14H13Cl2N3O2/c1-14(13(20)21)2-3-19(7-14)12-6-17-10-4-8(15)9(16)5-11(10)18-12/h4-6H,2-3,7H2,1H3,(H,20,21). The van der Waals surface area contributed by atoms with Gasteiger partial charge in [-0.1, -0.05) is 23.2 Å². The van der Waals surface area contributed by atoms with Gasteiger partial charge in [0.25, 0.3) is 0 Å². The predicted octanol–water partition coefficient (Wildman–Crippen LogP) is 3.24. The maximum atomic E-state index is 11.3. The molecule has 1 saturated heterocycles. The molecule has 1 N–H and O–H groups in total. The van der Waals surface area contributed by atoms with Crippen LogP contribution >= 0.6 is 23.2 Å². The minimum absolute atomic E-state index is 0.420. The third-order valence-electron chi connectivity index (χ3n) is 3.89. The molecule has 1 aromatic heterocycles. The van der Waals surface area contributed by atoms with Crippen molar-refractivity contribution in [2.45, 2.75) is 13.3 Å². The van der Waals surface area contributed by atoms with E-state index in [1.165, 1.54) is 0 Å². The van der Waals surface area contributed by atoms with E-state index in [0.29, 0.717) is 46.4 Å². The number of anilines is 1. The second kappa shape index (κ2) is 5.00. The van der Waals surface area contributed by atoms with Crippen LogP contribution in [0.1, 0.15) is 13.3 Å². The molecule has 2 aromatic rings. The number of benzene rings is 1. The van der Waals surface area contributed by atoms with Crippen LogP contribution in [-0.2, 0) is 4.79 Å². The number of fused-ring (bicyclic) bond motifs is 1. The average molecular weight is 326 g/mol. The Labute approximate surface area is 131 Å². The fraction of sp³-hybridized carbons (Fsp3) is 0.357. The smallest absolute Gasteiger partial charge is 0.311 e. The molecular formula is C14H13Cl2N3O2. The molecule has 1 aliphatic heterocycles. The van der Waals surface area contributed by atoms with Gasteiger partial charge in [-0.15, -0.1) is 0 Å². The second-order valence-electron chi connectivity index (χ2n) is 5.52. The lowest BCUT2D eigenvalue weighted by molar-refractivity contribution is -0.146. The minimum atomic E-state index is -0.784. The zero-order valence-corrected chi connectivity index (χ0v) is 12.8. The normalized spacial score (nSPS) is 22.0. The van der Waals surface area contributed by atoms with Gasteiger partial charge in [0.1, 0.15) is 5.82 Å². The molecule has 7 heteroatoms. The summed E-state index contributed by atoms with van der Waals surface area (Å²) in [5.74, 6) is -0.126. The first-order chi connectivity index (χ1) is 9.89. The third kappa shape index (κ3) is 2.51. The zero-order chi connectivity index (χ0) is 15.2. The minimum Gasteiger partial charge on any atom is -0.481 e. The Kier molecular flexibility index (Phi) is 3.42. The molecule has 1 aliphatic rings. The number of aliphatic carboxylic acids is 1.